The number of nitrogens with zero attached hydrogens (tertiary/aromatic N) is 3. The smallest absolute Gasteiger partial charge is 0.161 e. The normalized spacial score (nSPS) is 21.3. The summed E-state index contributed by atoms with van der Waals surface area (Å²) >= 11 is 5.42. The van der Waals surface area contributed by atoms with Crippen LogP contribution in [0.5, 0.6) is 0 Å². The molecule has 3 rings (SSSR count). The van der Waals surface area contributed by atoms with Gasteiger partial charge in [-0.25, -0.2) is 0 Å². The molecule has 1 unspecified atom stereocenters. The van der Waals surface area contributed by atoms with Crippen molar-refractivity contribution in [2.24, 2.45) is 0 Å². The molecule has 1 fully saturated rings. The van der Waals surface area contributed by atoms with Crippen LogP contribution in [0.4, 0.5) is 0 Å². The van der Waals surface area contributed by atoms with Crippen LogP contribution < -0.4 is 0 Å². The van der Waals surface area contributed by atoms with E-state index in [1.807, 2.05) is 30.1 Å². The maximum atomic E-state index is 4.29. The third kappa shape index (κ3) is 1.67. The molecule has 0 aromatic carbocycles. The highest BCUT2D eigenvalue weighted by Crippen LogP contribution is 2.38. The van der Waals surface area contributed by atoms with Crippen molar-refractivity contribution < 1.29 is 0 Å². The molecule has 2 aromatic heterocycles. The van der Waals surface area contributed by atoms with Gasteiger partial charge in [0.05, 0.1) is 5.25 Å². The molecule has 0 bridgehead atoms. The van der Waals surface area contributed by atoms with Crippen molar-refractivity contribution in [1.29, 1.82) is 0 Å². The van der Waals surface area contributed by atoms with Crippen molar-refractivity contribution in [3.63, 3.8) is 0 Å². The van der Waals surface area contributed by atoms with E-state index in [2.05, 4.69) is 30.5 Å². The average Bonchev–Trinajstić information content (AvgIpc) is 2.82. The quantitative estimate of drug-likeness (QED) is 0.806. The molecule has 1 aliphatic heterocycles. The molecule has 0 amide bonds. The number of fused-ring (bicyclic) bond motifs is 1. The Balaban J connectivity index is 2.11. The zero-order chi connectivity index (χ0) is 10.3. The van der Waals surface area contributed by atoms with Crippen LogP contribution in [0.1, 0.15) is 23.9 Å². The molecule has 15 heavy (non-hydrogen) atoms. The maximum absolute atomic E-state index is 4.29. The second kappa shape index (κ2) is 3.79. The van der Waals surface area contributed by atoms with Gasteiger partial charge in [-0.3, -0.25) is 4.40 Å². The van der Waals surface area contributed by atoms with Crippen LogP contribution in [0.3, 0.4) is 0 Å². The zero-order valence-electron chi connectivity index (χ0n) is 8.06. The van der Waals surface area contributed by atoms with E-state index in [1.165, 1.54) is 18.6 Å². The molecule has 2 aromatic rings. The Bertz CT molecular complexity index is 490. The number of pyridine rings is 1. The minimum atomic E-state index is 0.529. The predicted molar refractivity (Wildman–Crippen MR) is 65.1 cm³/mol. The van der Waals surface area contributed by atoms with Crippen LogP contribution in [0.15, 0.2) is 22.8 Å². The third-order valence-electron chi connectivity index (χ3n) is 2.62. The molecule has 1 atom stereocenters. The third-order valence-corrected chi connectivity index (χ3v) is 4.48. The first kappa shape index (κ1) is 9.66. The second-order valence-electron chi connectivity index (χ2n) is 3.63. The summed E-state index contributed by atoms with van der Waals surface area (Å²) in [6.07, 6.45) is 4.55. The largest absolute Gasteiger partial charge is 0.285 e. The highest BCUT2D eigenvalue weighted by molar-refractivity contribution is 9.10. The molecule has 78 valence electrons. The molecule has 0 spiro atoms. The van der Waals surface area contributed by atoms with Gasteiger partial charge in [0.1, 0.15) is 0 Å². The fourth-order valence-electron chi connectivity index (χ4n) is 1.89. The van der Waals surface area contributed by atoms with Gasteiger partial charge in [-0.05, 0) is 30.7 Å². The molecule has 1 aliphatic rings. The molecule has 3 nitrogen and oxygen atoms in total. The Kier molecular flexibility index (Phi) is 2.44. The molecule has 3 heterocycles. The summed E-state index contributed by atoms with van der Waals surface area (Å²) in [7, 11) is 0. The molecular weight excluding hydrogens is 274 g/mol. The molecule has 1 saturated heterocycles. The van der Waals surface area contributed by atoms with Crippen LogP contribution in [0, 0.1) is 0 Å². The summed E-state index contributed by atoms with van der Waals surface area (Å²) in [5, 5.41) is 9.01. The number of thioether (sulfide) groups is 1. The monoisotopic (exact) mass is 283 g/mol. The lowest BCUT2D eigenvalue weighted by molar-refractivity contribution is 0.766. The second-order valence-corrected chi connectivity index (χ2v) is 5.86. The van der Waals surface area contributed by atoms with Crippen LogP contribution in [0.25, 0.3) is 5.65 Å². The van der Waals surface area contributed by atoms with E-state index in [9.17, 15) is 0 Å². The summed E-state index contributed by atoms with van der Waals surface area (Å²) in [6.45, 7) is 0. The molecule has 5 heteroatoms. The van der Waals surface area contributed by atoms with Gasteiger partial charge in [-0.2, -0.15) is 11.8 Å². The Morgan fingerprint density at radius 2 is 2.40 bits per heavy atom. The SMILES string of the molecule is Brc1ccn2c(C3CCCS3)nnc2c1. The first-order chi connectivity index (χ1) is 7.34. The minimum absolute atomic E-state index is 0.529. The van der Waals surface area contributed by atoms with E-state index in [-0.39, 0.29) is 0 Å². The van der Waals surface area contributed by atoms with Crippen molar-refractivity contribution in [3.8, 4) is 0 Å². The Morgan fingerprint density at radius 3 is 3.20 bits per heavy atom. The van der Waals surface area contributed by atoms with Crippen molar-refractivity contribution >= 4 is 33.3 Å². The van der Waals surface area contributed by atoms with E-state index < -0.39 is 0 Å². The van der Waals surface area contributed by atoms with E-state index in [0.29, 0.717) is 5.25 Å². The van der Waals surface area contributed by atoms with Gasteiger partial charge in [-0.15, -0.1) is 10.2 Å². The summed E-state index contributed by atoms with van der Waals surface area (Å²) in [5.41, 5.74) is 0.923. The number of halogens is 1. The van der Waals surface area contributed by atoms with E-state index in [4.69, 9.17) is 0 Å². The Labute approximate surface area is 100 Å². The van der Waals surface area contributed by atoms with Gasteiger partial charge in [0, 0.05) is 10.7 Å². The fraction of sp³-hybridized carbons (Fsp3) is 0.400. The lowest BCUT2D eigenvalue weighted by Crippen LogP contribution is -1.97. The molecule has 0 saturated carbocycles. The highest BCUT2D eigenvalue weighted by atomic mass is 79.9. The van der Waals surface area contributed by atoms with Crippen molar-refractivity contribution in [2.75, 3.05) is 5.75 Å². The van der Waals surface area contributed by atoms with Gasteiger partial charge < -0.3 is 0 Å². The van der Waals surface area contributed by atoms with Crippen molar-refractivity contribution in [1.82, 2.24) is 14.6 Å². The maximum Gasteiger partial charge on any atom is 0.161 e. The highest BCUT2D eigenvalue weighted by Gasteiger charge is 2.22. The molecule has 0 N–H and O–H groups in total. The summed E-state index contributed by atoms with van der Waals surface area (Å²) in [5.74, 6) is 2.34. The molecule has 0 aliphatic carbocycles. The van der Waals surface area contributed by atoms with E-state index in [1.54, 1.807) is 0 Å². The first-order valence-electron chi connectivity index (χ1n) is 4.96. The Morgan fingerprint density at radius 1 is 1.47 bits per heavy atom. The Hall–Kier alpha value is -0.550. The van der Waals surface area contributed by atoms with Gasteiger partial charge in [0.2, 0.25) is 0 Å². The zero-order valence-corrected chi connectivity index (χ0v) is 10.5. The lowest BCUT2D eigenvalue weighted by atomic mass is 10.2. The molecular formula is C10H10BrN3S. The summed E-state index contributed by atoms with van der Waals surface area (Å²) < 4.78 is 3.14. The van der Waals surface area contributed by atoms with E-state index in [0.717, 1.165) is 15.9 Å². The van der Waals surface area contributed by atoms with Gasteiger partial charge >= 0.3 is 0 Å². The van der Waals surface area contributed by atoms with Crippen LogP contribution >= 0.6 is 27.7 Å². The van der Waals surface area contributed by atoms with Gasteiger partial charge in [-0.1, -0.05) is 15.9 Å². The van der Waals surface area contributed by atoms with Crippen LogP contribution in [-0.4, -0.2) is 20.4 Å². The predicted octanol–water partition coefficient (Wildman–Crippen LogP) is 3.06. The van der Waals surface area contributed by atoms with Gasteiger partial charge in [0.25, 0.3) is 0 Å². The number of hydrogen-bond acceptors (Lipinski definition) is 3. The first-order valence-corrected chi connectivity index (χ1v) is 6.80. The van der Waals surface area contributed by atoms with Crippen molar-refractivity contribution in [2.45, 2.75) is 18.1 Å². The fourth-order valence-corrected chi connectivity index (χ4v) is 3.47. The number of hydrogen-bond donors (Lipinski definition) is 0. The van der Waals surface area contributed by atoms with Gasteiger partial charge in [0.15, 0.2) is 11.5 Å². The van der Waals surface area contributed by atoms with E-state index >= 15 is 0 Å². The van der Waals surface area contributed by atoms with Crippen LogP contribution in [-0.2, 0) is 0 Å². The lowest BCUT2D eigenvalue weighted by Gasteiger charge is -2.05. The topological polar surface area (TPSA) is 30.2 Å². The standard InChI is InChI=1S/C10H10BrN3S/c11-7-3-4-14-9(6-7)12-13-10(14)8-2-1-5-15-8/h3-4,6,8H,1-2,5H2. The van der Waals surface area contributed by atoms with Crippen LogP contribution in [0.2, 0.25) is 0 Å². The molecule has 0 radical (unpaired) electrons. The summed E-state index contributed by atoms with van der Waals surface area (Å²) in [6, 6.07) is 4.02. The number of rotatable bonds is 1. The number of aromatic nitrogens is 3. The minimum Gasteiger partial charge on any atom is -0.285 e. The average molecular weight is 284 g/mol. The van der Waals surface area contributed by atoms with Crippen molar-refractivity contribution in [3.05, 3.63) is 28.6 Å². The summed E-state index contributed by atoms with van der Waals surface area (Å²) in [4.78, 5) is 0.